The molecule has 298 valence electrons. The van der Waals surface area contributed by atoms with Crippen molar-refractivity contribution >= 4 is 17.7 Å². The summed E-state index contributed by atoms with van der Waals surface area (Å²) in [5.74, 6) is -0.898. The molecule has 0 aromatic rings. The number of ketones is 1. The first-order valence-corrected chi connectivity index (χ1v) is 20.8. The molecule has 0 aromatic heterocycles. The third kappa shape index (κ3) is 25.0. The van der Waals surface area contributed by atoms with Gasteiger partial charge in [0.2, 0.25) is 0 Å². The normalized spacial score (nSPS) is 20.2. The number of unbranched alkanes of at least 4 members (excludes halogenated alkanes) is 15. The van der Waals surface area contributed by atoms with Crippen molar-refractivity contribution in [2.75, 3.05) is 13.2 Å². The number of aliphatic hydroxyl groups is 4. The number of aliphatic hydroxyl groups excluding tert-OH is 4. The number of rotatable bonds is 33. The monoisotopic (exact) mass is 725 g/mol. The van der Waals surface area contributed by atoms with Crippen LogP contribution < -0.4 is 0 Å². The SMILES string of the molecule is CCCCC[C@H](O)/C=C/[C@@H]1[C@@H](CC(=O)CCCCC(=O)O[C@@H](CO)COC(=O)CCCCCCCCCCCCCCCC(C)C)[C@@H](O)C[C@H]1O. The molecule has 0 amide bonds. The van der Waals surface area contributed by atoms with E-state index in [0.717, 1.165) is 44.4 Å². The summed E-state index contributed by atoms with van der Waals surface area (Å²) in [4.78, 5) is 37.1. The molecule has 9 heteroatoms. The fraction of sp³-hybridized carbons (Fsp3) is 0.881. The topological polar surface area (TPSA) is 151 Å². The molecule has 1 aliphatic carbocycles. The fourth-order valence-corrected chi connectivity index (χ4v) is 6.97. The maximum Gasteiger partial charge on any atom is 0.306 e. The molecule has 6 atom stereocenters. The van der Waals surface area contributed by atoms with Gasteiger partial charge in [0.15, 0.2) is 6.10 Å². The molecular weight excluding hydrogens is 648 g/mol. The minimum absolute atomic E-state index is 0.0487. The van der Waals surface area contributed by atoms with Gasteiger partial charge < -0.3 is 29.9 Å². The molecule has 0 heterocycles. The Bertz CT molecular complexity index is 920. The summed E-state index contributed by atoms with van der Waals surface area (Å²) < 4.78 is 10.5. The largest absolute Gasteiger partial charge is 0.462 e. The summed E-state index contributed by atoms with van der Waals surface area (Å²) in [6.45, 7) is 6.06. The molecule has 4 N–H and O–H groups in total. The van der Waals surface area contributed by atoms with E-state index in [4.69, 9.17) is 9.47 Å². The second-order valence-electron chi connectivity index (χ2n) is 15.5. The van der Waals surface area contributed by atoms with Crippen molar-refractivity contribution in [3.63, 3.8) is 0 Å². The molecule has 1 fully saturated rings. The van der Waals surface area contributed by atoms with Crippen LogP contribution in [0.25, 0.3) is 0 Å². The van der Waals surface area contributed by atoms with E-state index in [-0.39, 0.29) is 44.0 Å². The molecule has 51 heavy (non-hydrogen) atoms. The quantitative estimate of drug-likeness (QED) is 0.0298. The van der Waals surface area contributed by atoms with Gasteiger partial charge in [0.1, 0.15) is 12.4 Å². The first-order chi connectivity index (χ1) is 24.6. The standard InChI is InChI=1S/C42H76O9/c1-4-5-17-23-34(44)27-28-37-38(40(47)30-39(37)46)29-35(45)24-20-21-26-42(49)51-36(31-43)32-50-41(48)25-19-16-14-12-10-8-6-7-9-11-13-15-18-22-33(2)3/h27-28,33-34,36-40,43-44,46-47H,4-26,29-32H2,1-3H3/b28-27+/t34-,36-,37+,38+,39+,40-/m0/s1. The summed E-state index contributed by atoms with van der Waals surface area (Å²) in [6.07, 6.45) is 23.3. The lowest BCUT2D eigenvalue weighted by Gasteiger charge is -2.20. The van der Waals surface area contributed by atoms with Crippen molar-refractivity contribution < 1.29 is 44.3 Å². The second kappa shape index (κ2) is 30.6. The van der Waals surface area contributed by atoms with Gasteiger partial charge in [-0.15, -0.1) is 0 Å². The highest BCUT2D eigenvalue weighted by molar-refractivity contribution is 5.79. The van der Waals surface area contributed by atoms with Gasteiger partial charge in [0.05, 0.1) is 24.9 Å². The van der Waals surface area contributed by atoms with Gasteiger partial charge in [0, 0.05) is 43.9 Å². The lowest BCUT2D eigenvalue weighted by atomic mass is 9.87. The van der Waals surface area contributed by atoms with Crippen LogP contribution in [0, 0.1) is 17.8 Å². The lowest BCUT2D eigenvalue weighted by Crippen LogP contribution is -2.28. The minimum Gasteiger partial charge on any atom is -0.462 e. The fourth-order valence-electron chi connectivity index (χ4n) is 6.97. The highest BCUT2D eigenvalue weighted by Gasteiger charge is 2.41. The van der Waals surface area contributed by atoms with Gasteiger partial charge >= 0.3 is 11.9 Å². The van der Waals surface area contributed by atoms with Gasteiger partial charge in [-0.1, -0.05) is 136 Å². The Kier molecular flexibility index (Phi) is 28.4. The average Bonchev–Trinajstić information content (AvgIpc) is 3.36. The number of ether oxygens (including phenoxy) is 2. The van der Waals surface area contributed by atoms with Crippen molar-refractivity contribution in [1.29, 1.82) is 0 Å². The van der Waals surface area contributed by atoms with E-state index >= 15 is 0 Å². The zero-order valence-electron chi connectivity index (χ0n) is 32.6. The minimum atomic E-state index is -0.918. The Hall–Kier alpha value is -1.81. The lowest BCUT2D eigenvalue weighted by molar-refractivity contribution is -0.161. The van der Waals surface area contributed by atoms with Gasteiger partial charge in [-0.3, -0.25) is 14.4 Å². The van der Waals surface area contributed by atoms with Crippen LogP contribution in [0.2, 0.25) is 0 Å². The maximum atomic E-state index is 12.7. The van der Waals surface area contributed by atoms with Gasteiger partial charge in [-0.25, -0.2) is 0 Å². The number of hydrogen-bond acceptors (Lipinski definition) is 9. The Labute approximate surface area is 310 Å². The average molecular weight is 725 g/mol. The molecule has 0 radical (unpaired) electrons. The van der Waals surface area contributed by atoms with E-state index in [1.807, 2.05) is 0 Å². The van der Waals surface area contributed by atoms with Gasteiger partial charge in [0.25, 0.3) is 0 Å². The smallest absolute Gasteiger partial charge is 0.306 e. The highest BCUT2D eigenvalue weighted by Crippen LogP contribution is 2.36. The van der Waals surface area contributed by atoms with Crippen molar-refractivity contribution in [2.45, 2.75) is 206 Å². The summed E-state index contributed by atoms with van der Waals surface area (Å²) >= 11 is 0. The van der Waals surface area contributed by atoms with Crippen molar-refractivity contribution in [3.8, 4) is 0 Å². The van der Waals surface area contributed by atoms with Crippen LogP contribution in [0.3, 0.4) is 0 Å². The molecule has 1 saturated carbocycles. The number of Topliss-reactive ketones (excluding diaryl/α,β-unsaturated/α-hetero) is 1. The van der Waals surface area contributed by atoms with Crippen molar-refractivity contribution in [3.05, 3.63) is 12.2 Å². The van der Waals surface area contributed by atoms with Gasteiger partial charge in [-0.05, 0) is 31.6 Å². The Morgan fingerprint density at radius 3 is 1.82 bits per heavy atom. The van der Waals surface area contributed by atoms with E-state index < -0.39 is 48.8 Å². The summed E-state index contributed by atoms with van der Waals surface area (Å²) in [6, 6.07) is 0. The van der Waals surface area contributed by atoms with E-state index in [2.05, 4.69) is 20.8 Å². The molecule has 9 nitrogen and oxygen atoms in total. The maximum absolute atomic E-state index is 12.7. The van der Waals surface area contributed by atoms with Crippen LogP contribution in [-0.2, 0) is 23.9 Å². The molecular formula is C42H76O9. The second-order valence-corrected chi connectivity index (χ2v) is 15.5. The zero-order chi connectivity index (χ0) is 37.7. The Morgan fingerprint density at radius 1 is 0.706 bits per heavy atom. The van der Waals surface area contributed by atoms with E-state index in [1.165, 1.54) is 70.6 Å². The van der Waals surface area contributed by atoms with Crippen LogP contribution in [0.4, 0.5) is 0 Å². The number of carbonyl (C=O) groups excluding carboxylic acids is 3. The number of carbonyl (C=O) groups is 3. The molecule has 1 rings (SSSR count). The van der Waals surface area contributed by atoms with Crippen LogP contribution in [-0.4, -0.2) is 75.8 Å². The predicted molar refractivity (Wildman–Crippen MR) is 203 cm³/mol. The highest BCUT2D eigenvalue weighted by atomic mass is 16.6. The van der Waals surface area contributed by atoms with E-state index in [9.17, 15) is 34.8 Å². The number of hydrogen-bond donors (Lipinski definition) is 4. The molecule has 0 aliphatic heterocycles. The van der Waals surface area contributed by atoms with Crippen molar-refractivity contribution in [1.82, 2.24) is 0 Å². The molecule has 1 aliphatic rings. The summed E-state index contributed by atoms with van der Waals surface area (Å²) in [5.41, 5.74) is 0. The number of esters is 2. The van der Waals surface area contributed by atoms with E-state index in [0.29, 0.717) is 25.7 Å². The molecule has 0 aromatic carbocycles. The first kappa shape index (κ1) is 47.2. The van der Waals surface area contributed by atoms with Crippen LogP contribution in [0.15, 0.2) is 12.2 Å². The third-order valence-electron chi connectivity index (χ3n) is 10.2. The molecule has 0 saturated heterocycles. The van der Waals surface area contributed by atoms with Crippen LogP contribution >= 0.6 is 0 Å². The van der Waals surface area contributed by atoms with Crippen LogP contribution in [0.1, 0.15) is 181 Å². The first-order valence-electron chi connectivity index (χ1n) is 20.8. The predicted octanol–water partition coefficient (Wildman–Crippen LogP) is 8.32. The summed E-state index contributed by atoms with van der Waals surface area (Å²) in [7, 11) is 0. The Balaban J connectivity index is 2.11. The van der Waals surface area contributed by atoms with E-state index in [1.54, 1.807) is 12.2 Å². The molecule has 0 spiro atoms. The third-order valence-corrected chi connectivity index (χ3v) is 10.2. The van der Waals surface area contributed by atoms with Crippen molar-refractivity contribution in [2.24, 2.45) is 17.8 Å². The molecule has 0 unspecified atom stereocenters. The van der Waals surface area contributed by atoms with Crippen LogP contribution in [0.5, 0.6) is 0 Å². The zero-order valence-corrected chi connectivity index (χ0v) is 32.6. The molecule has 0 bridgehead atoms. The summed E-state index contributed by atoms with van der Waals surface area (Å²) in [5, 5.41) is 40.7. The Morgan fingerprint density at radius 2 is 1.24 bits per heavy atom. The van der Waals surface area contributed by atoms with Gasteiger partial charge in [-0.2, -0.15) is 0 Å².